The first-order valence-electron chi connectivity index (χ1n) is 13.8. The normalized spacial score (nSPS) is 19.2. The van der Waals surface area contributed by atoms with Crippen molar-refractivity contribution in [2.45, 2.75) is 70.5 Å². The summed E-state index contributed by atoms with van der Waals surface area (Å²) in [6, 6.07) is 15.1. The van der Waals surface area contributed by atoms with Crippen LogP contribution >= 0.6 is 0 Å². The summed E-state index contributed by atoms with van der Waals surface area (Å²) in [4.78, 5) is 30.4. The number of fused-ring (bicyclic) bond motifs is 1. The lowest BCUT2D eigenvalue weighted by Gasteiger charge is -2.36. The van der Waals surface area contributed by atoms with E-state index in [1.807, 2.05) is 47.4 Å². The lowest BCUT2D eigenvalue weighted by molar-refractivity contribution is -0.116. The lowest BCUT2D eigenvalue weighted by Crippen LogP contribution is -2.40. The van der Waals surface area contributed by atoms with Gasteiger partial charge in [-0.15, -0.1) is 0 Å². The van der Waals surface area contributed by atoms with Crippen LogP contribution in [0.3, 0.4) is 0 Å². The number of carbonyl (C=O) groups excluding carboxylic acids is 2. The molecule has 1 atom stereocenters. The first-order chi connectivity index (χ1) is 18.1. The predicted octanol–water partition coefficient (Wildman–Crippen LogP) is 4.45. The van der Waals surface area contributed by atoms with E-state index in [1.165, 1.54) is 12.8 Å². The van der Waals surface area contributed by atoms with Gasteiger partial charge < -0.3 is 20.1 Å². The Hall–Kier alpha value is -2.74. The summed E-state index contributed by atoms with van der Waals surface area (Å²) in [5.74, 6) is -0.207. The Morgan fingerprint density at radius 2 is 1.70 bits per heavy atom. The van der Waals surface area contributed by atoms with Crippen molar-refractivity contribution < 1.29 is 19.4 Å². The number of carbonyl (C=O) groups is 2. The van der Waals surface area contributed by atoms with Crippen LogP contribution in [0.5, 0.6) is 0 Å². The molecular weight excluding hydrogens is 466 g/mol. The molecule has 1 fully saturated rings. The van der Waals surface area contributed by atoms with Crippen LogP contribution in [-0.2, 0) is 16.1 Å². The minimum absolute atomic E-state index is 0.0255. The molecule has 200 valence electrons. The highest BCUT2D eigenvalue weighted by molar-refractivity contribution is 5.97. The van der Waals surface area contributed by atoms with E-state index in [0.717, 1.165) is 68.7 Å². The number of ether oxygens (including phenoxy) is 1. The molecule has 2 aromatic rings. The summed E-state index contributed by atoms with van der Waals surface area (Å²) in [6.07, 6.45) is 7.61. The van der Waals surface area contributed by atoms with Gasteiger partial charge in [-0.3, -0.25) is 14.5 Å². The van der Waals surface area contributed by atoms with Crippen molar-refractivity contribution in [1.29, 1.82) is 0 Å². The molecule has 2 aliphatic rings. The highest BCUT2D eigenvalue weighted by Gasteiger charge is 2.25. The predicted molar refractivity (Wildman–Crippen MR) is 146 cm³/mol. The van der Waals surface area contributed by atoms with Crippen LogP contribution in [-0.4, -0.2) is 60.8 Å². The van der Waals surface area contributed by atoms with Gasteiger partial charge in [0.15, 0.2) is 0 Å². The van der Waals surface area contributed by atoms with Gasteiger partial charge in [0.05, 0.1) is 12.6 Å². The molecule has 1 saturated heterocycles. The Morgan fingerprint density at radius 3 is 2.41 bits per heavy atom. The maximum Gasteiger partial charge on any atom is 0.251 e. The second kappa shape index (κ2) is 13.7. The largest absolute Gasteiger partial charge is 0.394 e. The number of anilines is 1. The van der Waals surface area contributed by atoms with Crippen LogP contribution in [0.15, 0.2) is 48.5 Å². The van der Waals surface area contributed by atoms with E-state index < -0.39 is 6.04 Å². The van der Waals surface area contributed by atoms with Crippen molar-refractivity contribution >= 4 is 17.5 Å². The average Bonchev–Trinajstić information content (AvgIpc) is 2.92. The smallest absolute Gasteiger partial charge is 0.251 e. The Labute approximate surface area is 220 Å². The zero-order valence-corrected chi connectivity index (χ0v) is 22.0. The molecule has 0 bridgehead atoms. The zero-order chi connectivity index (χ0) is 26.0. The first-order valence-corrected chi connectivity index (χ1v) is 13.8. The fraction of sp³-hybridized carbons (Fsp3) is 0.533. The summed E-state index contributed by atoms with van der Waals surface area (Å²) in [6.45, 7) is 5.37. The van der Waals surface area contributed by atoms with Crippen LogP contribution < -0.4 is 10.2 Å². The SMILES string of the molecule is CC(=O)N1CCCCCCCN(C2CCOCC2)Cc2cc(C(=O)N[C@H](CO)c3ccccc3)ccc21. The minimum atomic E-state index is -0.484. The second-order valence-corrected chi connectivity index (χ2v) is 10.2. The molecular formula is C30H41N3O4. The van der Waals surface area contributed by atoms with Crippen LogP contribution in [0, 0.1) is 0 Å². The molecule has 2 N–H and O–H groups in total. The van der Waals surface area contributed by atoms with E-state index >= 15 is 0 Å². The molecule has 37 heavy (non-hydrogen) atoms. The number of nitrogens with zero attached hydrogens (tertiary/aromatic N) is 2. The fourth-order valence-electron chi connectivity index (χ4n) is 5.50. The number of rotatable bonds is 5. The second-order valence-electron chi connectivity index (χ2n) is 10.2. The first kappa shape index (κ1) is 27.3. The molecule has 2 aliphatic heterocycles. The molecule has 0 aliphatic carbocycles. The van der Waals surface area contributed by atoms with Crippen LogP contribution in [0.4, 0.5) is 5.69 Å². The maximum atomic E-state index is 13.3. The Bertz CT molecular complexity index is 1020. The molecule has 0 unspecified atom stereocenters. The van der Waals surface area contributed by atoms with Crippen LogP contribution in [0.1, 0.15) is 79.4 Å². The number of nitrogens with one attached hydrogen (secondary N) is 1. The zero-order valence-electron chi connectivity index (χ0n) is 22.0. The minimum Gasteiger partial charge on any atom is -0.394 e. The molecule has 2 heterocycles. The Morgan fingerprint density at radius 1 is 1.00 bits per heavy atom. The summed E-state index contributed by atoms with van der Waals surface area (Å²) < 4.78 is 5.63. The quantitative estimate of drug-likeness (QED) is 0.625. The molecule has 7 heteroatoms. The van der Waals surface area contributed by atoms with Gasteiger partial charge in [-0.2, -0.15) is 0 Å². The van der Waals surface area contributed by atoms with Crippen LogP contribution in [0.2, 0.25) is 0 Å². The van der Waals surface area contributed by atoms with E-state index in [0.29, 0.717) is 24.7 Å². The van der Waals surface area contributed by atoms with E-state index in [-0.39, 0.29) is 18.4 Å². The molecule has 2 aromatic carbocycles. The van der Waals surface area contributed by atoms with Crippen LogP contribution in [0.25, 0.3) is 0 Å². The van der Waals surface area contributed by atoms with Crippen molar-refractivity contribution in [3.05, 3.63) is 65.2 Å². The Balaban J connectivity index is 1.65. The molecule has 0 saturated carbocycles. The van der Waals surface area contributed by atoms with Gasteiger partial charge in [0.2, 0.25) is 5.91 Å². The average molecular weight is 508 g/mol. The van der Waals surface area contributed by atoms with Gasteiger partial charge >= 0.3 is 0 Å². The summed E-state index contributed by atoms with van der Waals surface area (Å²) in [5.41, 5.74) is 3.28. The number of aliphatic hydroxyl groups is 1. The third-order valence-electron chi connectivity index (χ3n) is 7.61. The van der Waals surface area contributed by atoms with Gasteiger partial charge in [-0.05, 0) is 61.6 Å². The van der Waals surface area contributed by atoms with E-state index in [1.54, 1.807) is 13.0 Å². The van der Waals surface area contributed by atoms with Gasteiger partial charge in [0, 0.05) is 50.5 Å². The van der Waals surface area contributed by atoms with Crippen molar-refractivity contribution in [3.63, 3.8) is 0 Å². The molecule has 2 amide bonds. The third-order valence-corrected chi connectivity index (χ3v) is 7.61. The molecule has 7 nitrogen and oxygen atoms in total. The van der Waals surface area contributed by atoms with Crippen molar-refractivity contribution in [3.8, 4) is 0 Å². The maximum absolute atomic E-state index is 13.3. The molecule has 0 aromatic heterocycles. The third kappa shape index (κ3) is 7.40. The molecule has 0 radical (unpaired) electrons. The Kier molecular flexibility index (Phi) is 10.1. The van der Waals surface area contributed by atoms with Gasteiger partial charge in [-0.1, -0.05) is 49.6 Å². The van der Waals surface area contributed by atoms with Gasteiger partial charge in [-0.25, -0.2) is 0 Å². The van der Waals surface area contributed by atoms with E-state index in [9.17, 15) is 14.7 Å². The van der Waals surface area contributed by atoms with Gasteiger partial charge in [0.1, 0.15) is 0 Å². The fourth-order valence-corrected chi connectivity index (χ4v) is 5.50. The number of amides is 2. The number of hydrogen-bond acceptors (Lipinski definition) is 5. The summed E-state index contributed by atoms with van der Waals surface area (Å²) in [7, 11) is 0. The van der Waals surface area contributed by atoms with E-state index in [4.69, 9.17) is 4.74 Å². The van der Waals surface area contributed by atoms with Crippen molar-refractivity contribution in [2.75, 3.05) is 37.8 Å². The van der Waals surface area contributed by atoms with Crippen molar-refractivity contribution in [1.82, 2.24) is 10.2 Å². The summed E-state index contributed by atoms with van der Waals surface area (Å²) in [5, 5.41) is 12.9. The highest BCUT2D eigenvalue weighted by atomic mass is 16.5. The molecule has 4 rings (SSSR count). The van der Waals surface area contributed by atoms with E-state index in [2.05, 4.69) is 10.2 Å². The van der Waals surface area contributed by atoms with Crippen molar-refractivity contribution in [2.24, 2.45) is 0 Å². The number of benzene rings is 2. The summed E-state index contributed by atoms with van der Waals surface area (Å²) >= 11 is 0. The standard InChI is InChI=1S/C30H41N3O4/c1-23(35)33-17-9-4-2-3-8-16-32(27-14-18-37-19-15-27)21-26-20-25(12-13-29(26)33)30(36)31-28(22-34)24-10-6-5-7-11-24/h5-7,10-13,20,27-28,34H,2-4,8-9,14-19,21-22H2,1H3,(H,31,36)/t28-/m1/s1. The molecule has 0 spiro atoms. The highest BCUT2D eigenvalue weighted by Crippen LogP contribution is 2.28. The number of hydrogen-bond donors (Lipinski definition) is 2. The topological polar surface area (TPSA) is 82.1 Å². The monoisotopic (exact) mass is 507 g/mol. The number of aliphatic hydroxyl groups excluding tert-OH is 1. The van der Waals surface area contributed by atoms with Gasteiger partial charge in [0.25, 0.3) is 5.91 Å². The lowest BCUT2D eigenvalue weighted by atomic mass is 10.0.